The number of aryl methyl sites for hydroxylation is 2. The molecule has 1 saturated carbocycles. The van der Waals surface area contributed by atoms with Crippen LogP contribution in [-0.2, 0) is 0 Å². The van der Waals surface area contributed by atoms with Crippen molar-refractivity contribution < 1.29 is 4.74 Å². The minimum absolute atomic E-state index is 0.286. The molecule has 1 aromatic rings. The topological polar surface area (TPSA) is 35.2 Å². The molecule has 3 unspecified atom stereocenters. The second kappa shape index (κ2) is 5.96. The van der Waals surface area contributed by atoms with Crippen molar-refractivity contribution in [3.05, 3.63) is 28.8 Å². The smallest absolute Gasteiger partial charge is 0.123 e. The van der Waals surface area contributed by atoms with Crippen molar-refractivity contribution in [3.8, 4) is 5.75 Å². The minimum Gasteiger partial charge on any atom is -0.490 e. The van der Waals surface area contributed by atoms with Gasteiger partial charge in [-0.1, -0.05) is 19.4 Å². The molecule has 2 N–H and O–H groups in total. The second-order valence-corrected chi connectivity index (χ2v) is 6.28. The first-order valence-electron chi connectivity index (χ1n) is 7.45. The average Bonchev–Trinajstić information content (AvgIpc) is 2.35. The summed E-state index contributed by atoms with van der Waals surface area (Å²) in [5.41, 5.74) is 9.75. The van der Waals surface area contributed by atoms with E-state index in [9.17, 15) is 0 Å². The van der Waals surface area contributed by atoms with Crippen LogP contribution in [0.2, 0.25) is 0 Å². The molecule has 2 heteroatoms. The van der Waals surface area contributed by atoms with Crippen LogP contribution in [0.4, 0.5) is 0 Å². The van der Waals surface area contributed by atoms with Gasteiger partial charge in [0.1, 0.15) is 11.9 Å². The molecule has 2 rings (SSSR count). The number of nitrogens with two attached hydrogens (primary N) is 1. The Kier molecular flexibility index (Phi) is 4.51. The molecule has 1 fully saturated rings. The summed E-state index contributed by atoms with van der Waals surface area (Å²) in [5.74, 6) is 2.31. The Balaban J connectivity index is 2.19. The van der Waals surface area contributed by atoms with Crippen LogP contribution in [0.25, 0.3) is 0 Å². The van der Waals surface area contributed by atoms with Gasteiger partial charge in [-0.25, -0.2) is 0 Å². The molecule has 0 heterocycles. The van der Waals surface area contributed by atoms with Crippen LogP contribution in [-0.4, -0.2) is 12.6 Å². The van der Waals surface area contributed by atoms with Gasteiger partial charge in [0, 0.05) is 5.92 Å². The Morgan fingerprint density at radius 1 is 1.21 bits per heavy atom. The van der Waals surface area contributed by atoms with Crippen LogP contribution >= 0.6 is 0 Å². The zero-order valence-electron chi connectivity index (χ0n) is 12.7. The SMILES string of the molecule is Cc1cc(C)c(C)c(OC2CC(C)CCC2CN)c1. The first kappa shape index (κ1) is 14.4. The van der Waals surface area contributed by atoms with E-state index in [4.69, 9.17) is 10.5 Å². The molecule has 106 valence electrons. The summed E-state index contributed by atoms with van der Waals surface area (Å²) in [4.78, 5) is 0. The Morgan fingerprint density at radius 3 is 2.63 bits per heavy atom. The number of benzene rings is 1. The summed E-state index contributed by atoms with van der Waals surface area (Å²) >= 11 is 0. The lowest BCUT2D eigenvalue weighted by Gasteiger charge is -2.35. The highest BCUT2D eigenvalue weighted by Crippen LogP contribution is 2.33. The normalized spacial score (nSPS) is 27.3. The predicted octanol–water partition coefficient (Wildman–Crippen LogP) is 3.75. The van der Waals surface area contributed by atoms with Gasteiger partial charge in [-0.2, -0.15) is 0 Å². The fourth-order valence-corrected chi connectivity index (χ4v) is 3.09. The Morgan fingerprint density at radius 2 is 1.95 bits per heavy atom. The molecule has 0 saturated heterocycles. The molecular formula is C17H27NO. The van der Waals surface area contributed by atoms with E-state index in [1.807, 2.05) is 0 Å². The average molecular weight is 261 g/mol. The van der Waals surface area contributed by atoms with E-state index in [0.717, 1.165) is 24.6 Å². The zero-order valence-corrected chi connectivity index (χ0v) is 12.7. The van der Waals surface area contributed by atoms with Crippen molar-refractivity contribution in [1.29, 1.82) is 0 Å². The van der Waals surface area contributed by atoms with Crippen LogP contribution in [0.3, 0.4) is 0 Å². The predicted molar refractivity (Wildman–Crippen MR) is 80.6 cm³/mol. The fourth-order valence-electron chi connectivity index (χ4n) is 3.09. The molecule has 1 aromatic carbocycles. The van der Waals surface area contributed by atoms with Crippen molar-refractivity contribution in [3.63, 3.8) is 0 Å². The van der Waals surface area contributed by atoms with Crippen molar-refractivity contribution in [2.75, 3.05) is 6.54 Å². The van der Waals surface area contributed by atoms with Gasteiger partial charge in [0.25, 0.3) is 0 Å². The van der Waals surface area contributed by atoms with Crippen LogP contribution < -0.4 is 10.5 Å². The summed E-state index contributed by atoms with van der Waals surface area (Å²) in [6.45, 7) is 9.48. The van der Waals surface area contributed by atoms with E-state index in [1.54, 1.807) is 0 Å². The summed E-state index contributed by atoms with van der Waals surface area (Å²) < 4.78 is 6.34. The minimum atomic E-state index is 0.286. The molecule has 0 amide bonds. The highest BCUT2D eigenvalue weighted by atomic mass is 16.5. The third-order valence-electron chi connectivity index (χ3n) is 4.54. The van der Waals surface area contributed by atoms with Gasteiger partial charge < -0.3 is 10.5 Å². The lowest BCUT2D eigenvalue weighted by atomic mass is 9.80. The van der Waals surface area contributed by atoms with Crippen LogP contribution in [0.15, 0.2) is 12.1 Å². The highest BCUT2D eigenvalue weighted by molar-refractivity contribution is 5.42. The third kappa shape index (κ3) is 3.30. The summed E-state index contributed by atoms with van der Waals surface area (Å²) in [6, 6.07) is 4.38. The monoisotopic (exact) mass is 261 g/mol. The zero-order chi connectivity index (χ0) is 14.0. The van der Waals surface area contributed by atoms with Gasteiger partial charge in [0.2, 0.25) is 0 Å². The molecule has 0 aromatic heterocycles. The van der Waals surface area contributed by atoms with Crippen molar-refractivity contribution in [2.24, 2.45) is 17.6 Å². The quantitative estimate of drug-likeness (QED) is 0.899. The Hall–Kier alpha value is -1.02. The fraction of sp³-hybridized carbons (Fsp3) is 0.647. The van der Waals surface area contributed by atoms with E-state index < -0.39 is 0 Å². The summed E-state index contributed by atoms with van der Waals surface area (Å²) in [6.07, 6.45) is 3.90. The standard InChI is InChI=1S/C17H27NO/c1-11-5-6-15(10-18)17(8-11)19-16-9-12(2)7-13(3)14(16)4/h7,9,11,15,17H,5-6,8,10,18H2,1-4H3. The first-order chi connectivity index (χ1) is 9.01. The lowest BCUT2D eigenvalue weighted by Crippen LogP contribution is -2.37. The molecule has 19 heavy (non-hydrogen) atoms. The largest absolute Gasteiger partial charge is 0.490 e. The lowest BCUT2D eigenvalue weighted by molar-refractivity contribution is 0.0735. The van der Waals surface area contributed by atoms with Crippen molar-refractivity contribution >= 4 is 0 Å². The maximum atomic E-state index is 6.34. The molecule has 1 aliphatic carbocycles. The van der Waals surface area contributed by atoms with Crippen molar-refractivity contribution in [2.45, 2.75) is 53.1 Å². The number of hydrogen-bond donors (Lipinski definition) is 1. The van der Waals surface area contributed by atoms with E-state index in [0.29, 0.717) is 5.92 Å². The molecule has 0 bridgehead atoms. The van der Waals surface area contributed by atoms with E-state index in [-0.39, 0.29) is 6.10 Å². The summed E-state index contributed by atoms with van der Waals surface area (Å²) in [5, 5.41) is 0. The third-order valence-corrected chi connectivity index (χ3v) is 4.54. The number of rotatable bonds is 3. The molecule has 0 aliphatic heterocycles. The second-order valence-electron chi connectivity index (χ2n) is 6.28. The van der Waals surface area contributed by atoms with Crippen molar-refractivity contribution in [1.82, 2.24) is 0 Å². The molecule has 0 radical (unpaired) electrons. The molecule has 2 nitrogen and oxygen atoms in total. The van der Waals surface area contributed by atoms with Gasteiger partial charge in [-0.15, -0.1) is 0 Å². The molecule has 0 spiro atoms. The number of ether oxygens (including phenoxy) is 1. The number of hydrogen-bond acceptors (Lipinski definition) is 2. The molecule has 1 aliphatic rings. The highest BCUT2D eigenvalue weighted by Gasteiger charge is 2.29. The maximum Gasteiger partial charge on any atom is 0.123 e. The van der Waals surface area contributed by atoms with E-state index in [1.165, 1.54) is 29.5 Å². The van der Waals surface area contributed by atoms with E-state index in [2.05, 4.69) is 39.8 Å². The maximum absolute atomic E-state index is 6.34. The molecule has 3 atom stereocenters. The van der Waals surface area contributed by atoms with Crippen LogP contribution in [0.1, 0.15) is 42.9 Å². The molecular weight excluding hydrogens is 234 g/mol. The summed E-state index contributed by atoms with van der Waals surface area (Å²) in [7, 11) is 0. The van der Waals surface area contributed by atoms with Crippen LogP contribution in [0, 0.1) is 32.6 Å². The van der Waals surface area contributed by atoms with Crippen LogP contribution in [0.5, 0.6) is 5.75 Å². The van der Waals surface area contributed by atoms with Gasteiger partial charge >= 0.3 is 0 Å². The van der Waals surface area contributed by atoms with Gasteiger partial charge in [0.05, 0.1) is 0 Å². The van der Waals surface area contributed by atoms with E-state index >= 15 is 0 Å². The Labute approximate surface area is 117 Å². The van der Waals surface area contributed by atoms with Gasteiger partial charge in [0.15, 0.2) is 0 Å². The van der Waals surface area contributed by atoms with Gasteiger partial charge in [-0.3, -0.25) is 0 Å². The first-order valence-corrected chi connectivity index (χ1v) is 7.45. The van der Waals surface area contributed by atoms with Gasteiger partial charge in [-0.05, 0) is 68.8 Å². The Bertz CT molecular complexity index is 441.